The molecule has 4 heteroatoms. The van der Waals surface area contributed by atoms with E-state index in [0.29, 0.717) is 5.95 Å². The van der Waals surface area contributed by atoms with E-state index in [1.165, 1.54) is 65.6 Å². The largest absolute Gasteiger partial charge is 0.309 e. The second-order valence-corrected chi connectivity index (χ2v) is 16.1. The molecule has 0 unspecified atom stereocenters. The fraction of sp³-hybridized carbons (Fsp3) is 0. The third-order valence-electron chi connectivity index (χ3n) is 12.7. The zero-order chi connectivity index (χ0) is 40.7. The molecule has 288 valence electrons. The first kappa shape index (κ1) is 34.5. The minimum absolute atomic E-state index is 0.649. The van der Waals surface area contributed by atoms with E-state index in [1.807, 2.05) is 0 Å². The zero-order valence-corrected chi connectivity index (χ0v) is 33.6. The number of para-hydroxylation sites is 4. The molecule has 0 N–H and O–H groups in total. The molecule has 0 saturated heterocycles. The monoisotopic (exact) mass is 788 g/mol. The normalized spacial score (nSPS) is 11.9. The first-order valence-corrected chi connectivity index (χ1v) is 21.2. The predicted octanol–water partition coefficient (Wildman–Crippen LogP) is 15.1. The van der Waals surface area contributed by atoms with Crippen molar-refractivity contribution in [1.29, 1.82) is 0 Å². The van der Waals surface area contributed by atoms with Crippen LogP contribution in [-0.2, 0) is 0 Å². The highest BCUT2D eigenvalue weighted by Gasteiger charge is 2.21. The summed E-state index contributed by atoms with van der Waals surface area (Å²) < 4.78 is 4.66. The van der Waals surface area contributed by atoms with Crippen LogP contribution in [0.3, 0.4) is 0 Å². The van der Waals surface area contributed by atoms with Gasteiger partial charge in [0, 0.05) is 43.6 Å². The van der Waals surface area contributed by atoms with Gasteiger partial charge in [-0.25, -0.2) is 9.97 Å². The smallest absolute Gasteiger partial charge is 0.235 e. The lowest BCUT2D eigenvalue weighted by Gasteiger charge is -2.14. The Morgan fingerprint density at radius 3 is 1.69 bits per heavy atom. The first-order valence-electron chi connectivity index (χ1n) is 21.2. The number of hydrogen-bond donors (Lipinski definition) is 0. The lowest BCUT2D eigenvalue weighted by molar-refractivity contribution is 1.01. The van der Waals surface area contributed by atoms with Crippen LogP contribution in [0.1, 0.15) is 0 Å². The van der Waals surface area contributed by atoms with Crippen molar-refractivity contribution in [3.63, 3.8) is 0 Å². The van der Waals surface area contributed by atoms with Crippen LogP contribution < -0.4 is 0 Å². The van der Waals surface area contributed by atoms with Crippen molar-refractivity contribution in [2.45, 2.75) is 0 Å². The van der Waals surface area contributed by atoms with Gasteiger partial charge in [-0.15, -0.1) is 0 Å². The van der Waals surface area contributed by atoms with E-state index in [0.717, 1.165) is 49.7 Å². The standard InChI is InChI=1S/C58H36N4/c1-2-17-41(18-3-1)61-53-27-12-10-22-46(53)51-36-49(44-20-6-7-23-47(44)57(51)61)40-33-34-55-50(35-40)45-21-9-13-28-54(45)62(55)58-59-52-26-11-8-24-48(52)56(60-58)39-31-29-38(30-32-39)43-25-14-16-37-15-4-5-19-42(37)43/h1-36H. The van der Waals surface area contributed by atoms with Gasteiger partial charge in [0.15, 0.2) is 0 Å². The number of rotatable bonds is 5. The van der Waals surface area contributed by atoms with E-state index in [-0.39, 0.29) is 0 Å². The topological polar surface area (TPSA) is 35.6 Å². The highest BCUT2D eigenvalue weighted by Crippen LogP contribution is 2.43. The summed E-state index contributed by atoms with van der Waals surface area (Å²) in [6, 6.07) is 78.6. The number of aromatic nitrogens is 4. The van der Waals surface area contributed by atoms with E-state index < -0.39 is 0 Å². The van der Waals surface area contributed by atoms with Crippen LogP contribution in [0.2, 0.25) is 0 Å². The molecule has 4 nitrogen and oxygen atoms in total. The summed E-state index contributed by atoms with van der Waals surface area (Å²) in [5.41, 5.74) is 13.3. The maximum absolute atomic E-state index is 5.43. The Balaban J connectivity index is 0.997. The summed E-state index contributed by atoms with van der Waals surface area (Å²) in [5.74, 6) is 0.649. The molecule has 3 heterocycles. The molecule has 10 aromatic carbocycles. The second kappa shape index (κ2) is 13.6. The molecule has 0 spiro atoms. The molecule has 0 bridgehead atoms. The van der Waals surface area contributed by atoms with Crippen molar-refractivity contribution < 1.29 is 0 Å². The number of hydrogen-bond acceptors (Lipinski definition) is 2. The molecular formula is C58H36N4. The number of nitrogens with zero attached hydrogens (tertiary/aromatic N) is 4. The zero-order valence-electron chi connectivity index (χ0n) is 33.6. The molecule has 13 rings (SSSR count). The van der Waals surface area contributed by atoms with Crippen molar-refractivity contribution >= 4 is 76.1 Å². The van der Waals surface area contributed by atoms with Crippen LogP contribution in [0.15, 0.2) is 218 Å². The molecular weight excluding hydrogens is 753 g/mol. The van der Waals surface area contributed by atoms with Crippen molar-refractivity contribution in [2.24, 2.45) is 0 Å². The number of fused-ring (bicyclic) bond motifs is 10. The molecule has 0 aliphatic rings. The summed E-state index contributed by atoms with van der Waals surface area (Å²) in [5, 5.41) is 10.7. The minimum Gasteiger partial charge on any atom is -0.309 e. The van der Waals surface area contributed by atoms with Crippen LogP contribution in [-0.4, -0.2) is 19.1 Å². The van der Waals surface area contributed by atoms with Crippen molar-refractivity contribution in [2.75, 3.05) is 0 Å². The molecule has 0 amide bonds. The lowest BCUT2D eigenvalue weighted by atomic mass is 9.94. The third kappa shape index (κ3) is 5.20. The average Bonchev–Trinajstić information content (AvgIpc) is 3.86. The molecule has 13 aromatic rings. The Labute approximate surface area is 357 Å². The van der Waals surface area contributed by atoms with Gasteiger partial charge in [0.25, 0.3) is 0 Å². The SMILES string of the molecule is c1ccc(-n2c3ccccc3c3cc(-c4ccc5c(c4)c4ccccc4n5-c4nc(-c5ccc(-c6cccc7ccccc67)cc5)c5ccccc5n4)c4ccccc4c32)cc1. The maximum atomic E-state index is 5.43. The molecule has 0 radical (unpaired) electrons. The minimum atomic E-state index is 0.649. The summed E-state index contributed by atoms with van der Waals surface area (Å²) in [4.78, 5) is 10.7. The van der Waals surface area contributed by atoms with Crippen LogP contribution >= 0.6 is 0 Å². The van der Waals surface area contributed by atoms with Crippen LogP contribution in [0, 0.1) is 0 Å². The lowest BCUT2D eigenvalue weighted by Crippen LogP contribution is -2.03. The molecule has 0 atom stereocenters. The van der Waals surface area contributed by atoms with Gasteiger partial charge >= 0.3 is 0 Å². The van der Waals surface area contributed by atoms with Gasteiger partial charge in [-0.2, -0.15) is 0 Å². The van der Waals surface area contributed by atoms with Gasteiger partial charge in [0.1, 0.15) is 0 Å². The average molecular weight is 789 g/mol. The van der Waals surface area contributed by atoms with E-state index in [2.05, 4.69) is 228 Å². The fourth-order valence-electron chi connectivity index (χ4n) is 9.93. The van der Waals surface area contributed by atoms with Gasteiger partial charge < -0.3 is 4.57 Å². The molecule has 0 aliphatic heterocycles. The molecule has 0 aliphatic carbocycles. The fourth-order valence-corrected chi connectivity index (χ4v) is 9.93. The van der Waals surface area contributed by atoms with Crippen LogP contribution in [0.25, 0.3) is 121 Å². The summed E-state index contributed by atoms with van der Waals surface area (Å²) >= 11 is 0. The van der Waals surface area contributed by atoms with Gasteiger partial charge in [-0.1, -0.05) is 170 Å². The molecule has 0 saturated carbocycles. The highest BCUT2D eigenvalue weighted by molar-refractivity contribution is 6.22. The summed E-state index contributed by atoms with van der Waals surface area (Å²) in [6.07, 6.45) is 0. The van der Waals surface area contributed by atoms with E-state index in [9.17, 15) is 0 Å². The maximum Gasteiger partial charge on any atom is 0.235 e. The Morgan fingerprint density at radius 2 is 0.887 bits per heavy atom. The van der Waals surface area contributed by atoms with Crippen molar-refractivity contribution in [1.82, 2.24) is 19.1 Å². The van der Waals surface area contributed by atoms with Crippen LogP contribution in [0.5, 0.6) is 0 Å². The van der Waals surface area contributed by atoms with Gasteiger partial charge in [-0.3, -0.25) is 4.57 Å². The highest BCUT2D eigenvalue weighted by atomic mass is 15.2. The van der Waals surface area contributed by atoms with Crippen molar-refractivity contribution in [3.8, 4) is 45.1 Å². The molecule has 62 heavy (non-hydrogen) atoms. The van der Waals surface area contributed by atoms with Crippen molar-refractivity contribution in [3.05, 3.63) is 218 Å². The van der Waals surface area contributed by atoms with E-state index in [1.54, 1.807) is 0 Å². The molecule has 3 aromatic heterocycles. The Kier molecular flexibility index (Phi) is 7.57. The van der Waals surface area contributed by atoms with E-state index in [4.69, 9.17) is 9.97 Å². The molecule has 0 fully saturated rings. The number of benzene rings is 10. The van der Waals surface area contributed by atoms with E-state index >= 15 is 0 Å². The van der Waals surface area contributed by atoms with Gasteiger partial charge in [-0.05, 0) is 86.9 Å². The Bertz CT molecular complexity index is 3910. The van der Waals surface area contributed by atoms with Crippen LogP contribution in [0.4, 0.5) is 0 Å². The Hall–Kier alpha value is -8.34. The quantitative estimate of drug-likeness (QED) is 0.174. The first-order chi connectivity index (χ1) is 30.8. The predicted molar refractivity (Wildman–Crippen MR) is 260 cm³/mol. The van der Waals surface area contributed by atoms with Gasteiger partial charge in [0.05, 0.1) is 33.3 Å². The summed E-state index contributed by atoms with van der Waals surface area (Å²) in [7, 11) is 0. The third-order valence-corrected chi connectivity index (χ3v) is 12.7. The summed E-state index contributed by atoms with van der Waals surface area (Å²) in [6.45, 7) is 0. The second-order valence-electron chi connectivity index (χ2n) is 16.1. The van der Waals surface area contributed by atoms with Gasteiger partial charge in [0.2, 0.25) is 5.95 Å². The Morgan fingerprint density at radius 1 is 0.306 bits per heavy atom.